The van der Waals surface area contributed by atoms with Crippen LogP contribution in [-0.2, 0) is 4.79 Å². The van der Waals surface area contributed by atoms with Crippen molar-refractivity contribution >= 4 is 27.7 Å². The zero-order valence-electron chi connectivity index (χ0n) is 13.8. The quantitative estimate of drug-likeness (QED) is 0.818. The van der Waals surface area contributed by atoms with Gasteiger partial charge in [0.05, 0.1) is 6.04 Å². The van der Waals surface area contributed by atoms with Gasteiger partial charge in [0.25, 0.3) is 5.91 Å². The number of carbonyl (C=O) groups is 2. The molecule has 4 nitrogen and oxygen atoms in total. The minimum absolute atomic E-state index is 0.000810. The van der Waals surface area contributed by atoms with Gasteiger partial charge in [-0.05, 0) is 36.8 Å². The minimum Gasteiger partial charge on any atom is -0.352 e. The van der Waals surface area contributed by atoms with E-state index in [0.29, 0.717) is 12.1 Å². The van der Waals surface area contributed by atoms with Crippen molar-refractivity contribution in [2.45, 2.75) is 19.4 Å². The molecule has 1 atom stereocenters. The smallest absolute Gasteiger partial charge is 0.251 e. The van der Waals surface area contributed by atoms with Gasteiger partial charge in [-0.2, -0.15) is 0 Å². The summed E-state index contributed by atoms with van der Waals surface area (Å²) >= 11 is 3.33. The van der Waals surface area contributed by atoms with Crippen LogP contribution in [0.2, 0.25) is 0 Å². The molecule has 126 valence electrons. The number of hydrogen-bond donors (Lipinski definition) is 1. The number of carbonyl (C=O) groups excluding carboxylic acids is 2. The van der Waals surface area contributed by atoms with Gasteiger partial charge in [0.1, 0.15) is 0 Å². The zero-order valence-corrected chi connectivity index (χ0v) is 15.4. The van der Waals surface area contributed by atoms with Crippen molar-refractivity contribution in [1.29, 1.82) is 0 Å². The molecular weight excluding hydrogens is 368 g/mol. The fraction of sp³-hybridized carbons (Fsp3) is 0.263. The van der Waals surface area contributed by atoms with Gasteiger partial charge >= 0.3 is 0 Å². The van der Waals surface area contributed by atoms with Gasteiger partial charge in [-0.1, -0.05) is 46.3 Å². The van der Waals surface area contributed by atoms with Gasteiger partial charge in [0, 0.05) is 30.0 Å². The van der Waals surface area contributed by atoms with Crippen molar-refractivity contribution in [3.8, 4) is 0 Å². The molecule has 1 unspecified atom stereocenters. The summed E-state index contributed by atoms with van der Waals surface area (Å²) in [4.78, 5) is 26.0. The third-order valence-electron chi connectivity index (χ3n) is 3.99. The molecule has 2 amide bonds. The summed E-state index contributed by atoms with van der Waals surface area (Å²) in [6.07, 6.45) is 0.274. The normalized spacial score (nSPS) is 11.6. The van der Waals surface area contributed by atoms with Crippen LogP contribution in [0.3, 0.4) is 0 Å². The number of nitrogens with zero attached hydrogens (tertiary/aromatic N) is 1. The molecule has 0 heterocycles. The van der Waals surface area contributed by atoms with Crippen LogP contribution in [0.15, 0.2) is 59.1 Å². The maximum atomic E-state index is 12.3. The second kappa shape index (κ2) is 8.64. The van der Waals surface area contributed by atoms with Gasteiger partial charge in [0.2, 0.25) is 5.91 Å². The molecule has 2 rings (SSSR count). The summed E-state index contributed by atoms with van der Waals surface area (Å²) in [6, 6.07) is 17.0. The number of nitrogens with one attached hydrogen (secondary N) is 1. The predicted octanol–water partition coefficient (Wildman–Crippen LogP) is 3.79. The predicted molar refractivity (Wildman–Crippen MR) is 98.7 cm³/mol. The lowest BCUT2D eigenvalue weighted by Gasteiger charge is -2.25. The van der Waals surface area contributed by atoms with Crippen molar-refractivity contribution in [2.75, 3.05) is 13.6 Å². The van der Waals surface area contributed by atoms with E-state index in [4.69, 9.17) is 0 Å². The first kappa shape index (κ1) is 18.2. The van der Waals surface area contributed by atoms with Gasteiger partial charge < -0.3 is 10.2 Å². The topological polar surface area (TPSA) is 49.4 Å². The van der Waals surface area contributed by atoms with E-state index in [1.54, 1.807) is 24.1 Å². The van der Waals surface area contributed by atoms with Crippen molar-refractivity contribution in [2.24, 2.45) is 0 Å². The molecule has 1 N–H and O–H groups in total. The van der Waals surface area contributed by atoms with Crippen molar-refractivity contribution in [3.05, 3.63) is 70.2 Å². The second-order valence-electron chi connectivity index (χ2n) is 5.60. The largest absolute Gasteiger partial charge is 0.352 e. The lowest BCUT2D eigenvalue weighted by atomic mass is 10.1. The number of halogens is 1. The van der Waals surface area contributed by atoms with E-state index < -0.39 is 0 Å². The van der Waals surface area contributed by atoms with Crippen molar-refractivity contribution in [3.63, 3.8) is 0 Å². The molecule has 2 aromatic carbocycles. The summed E-state index contributed by atoms with van der Waals surface area (Å²) in [5, 5.41) is 2.78. The Morgan fingerprint density at radius 1 is 1.08 bits per heavy atom. The third-order valence-corrected chi connectivity index (χ3v) is 4.52. The maximum absolute atomic E-state index is 12.3. The molecule has 0 fully saturated rings. The molecule has 0 aliphatic rings. The summed E-state index contributed by atoms with van der Waals surface area (Å²) in [6.45, 7) is 2.31. The summed E-state index contributed by atoms with van der Waals surface area (Å²) in [7, 11) is 1.79. The van der Waals surface area contributed by atoms with E-state index in [0.717, 1.165) is 10.0 Å². The van der Waals surface area contributed by atoms with Crippen LogP contribution in [0, 0.1) is 0 Å². The average molecular weight is 389 g/mol. The van der Waals surface area contributed by atoms with Gasteiger partial charge in [-0.3, -0.25) is 9.59 Å². The highest BCUT2D eigenvalue weighted by Crippen LogP contribution is 2.18. The number of amides is 2. The Labute approximate surface area is 151 Å². The molecular formula is C19H21BrN2O2. The summed E-state index contributed by atoms with van der Waals surface area (Å²) in [5.41, 5.74) is 1.67. The van der Waals surface area contributed by atoms with E-state index in [-0.39, 0.29) is 24.3 Å². The van der Waals surface area contributed by atoms with E-state index >= 15 is 0 Å². The molecule has 0 aliphatic heterocycles. The highest BCUT2D eigenvalue weighted by molar-refractivity contribution is 9.10. The lowest BCUT2D eigenvalue weighted by Crippen LogP contribution is -2.33. The monoisotopic (exact) mass is 388 g/mol. The molecule has 0 aromatic heterocycles. The summed E-state index contributed by atoms with van der Waals surface area (Å²) in [5.74, 6) is -0.170. The minimum atomic E-state index is -0.172. The number of benzene rings is 2. The Morgan fingerprint density at radius 3 is 2.33 bits per heavy atom. The highest BCUT2D eigenvalue weighted by atomic mass is 79.9. The van der Waals surface area contributed by atoms with E-state index in [2.05, 4.69) is 21.2 Å². The fourth-order valence-electron chi connectivity index (χ4n) is 2.33. The fourth-order valence-corrected chi connectivity index (χ4v) is 2.60. The first-order chi connectivity index (χ1) is 11.5. The molecule has 5 heteroatoms. The van der Waals surface area contributed by atoms with E-state index in [1.807, 2.05) is 49.4 Å². The van der Waals surface area contributed by atoms with Gasteiger partial charge in [-0.15, -0.1) is 0 Å². The lowest BCUT2D eigenvalue weighted by molar-refractivity contribution is -0.131. The molecule has 2 aromatic rings. The zero-order chi connectivity index (χ0) is 17.5. The van der Waals surface area contributed by atoms with Gasteiger partial charge in [0.15, 0.2) is 0 Å². The maximum Gasteiger partial charge on any atom is 0.251 e. The second-order valence-corrected chi connectivity index (χ2v) is 6.52. The standard InChI is InChI=1S/C19H21BrN2O2/c1-14(15-6-4-3-5-7-15)22(2)18(23)12-13-21-19(24)16-8-10-17(20)11-9-16/h3-11,14H,12-13H2,1-2H3,(H,21,24). The average Bonchev–Trinajstić information content (AvgIpc) is 2.61. The number of hydrogen-bond acceptors (Lipinski definition) is 2. The van der Waals surface area contributed by atoms with Crippen LogP contribution in [0.4, 0.5) is 0 Å². The van der Waals surface area contributed by atoms with E-state index in [9.17, 15) is 9.59 Å². The Kier molecular flexibility index (Phi) is 6.55. The highest BCUT2D eigenvalue weighted by Gasteiger charge is 2.17. The van der Waals surface area contributed by atoms with Crippen LogP contribution in [-0.4, -0.2) is 30.3 Å². The van der Waals surface area contributed by atoms with Crippen LogP contribution >= 0.6 is 15.9 Å². The Bertz CT molecular complexity index is 686. The molecule has 0 saturated heterocycles. The Morgan fingerprint density at radius 2 is 1.71 bits per heavy atom. The Hall–Kier alpha value is -2.14. The summed E-state index contributed by atoms with van der Waals surface area (Å²) < 4.78 is 0.922. The van der Waals surface area contributed by atoms with Crippen molar-refractivity contribution in [1.82, 2.24) is 10.2 Å². The first-order valence-corrected chi connectivity index (χ1v) is 8.62. The van der Waals surface area contributed by atoms with Crippen LogP contribution in [0.5, 0.6) is 0 Å². The SMILES string of the molecule is CC(c1ccccc1)N(C)C(=O)CCNC(=O)c1ccc(Br)cc1. The molecule has 0 bridgehead atoms. The van der Waals surface area contributed by atoms with Crippen LogP contribution in [0.25, 0.3) is 0 Å². The van der Waals surface area contributed by atoms with Gasteiger partial charge in [-0.25, -0.2) is 0 Å². The molecule has 0 spiro atoms. The van der Waals surface area contributed by atoms with Crippen LogP contribution < -0.4 is 5.32 Å². The molecule has 0 saturated carbocycles. The molecule has 24 heavy (non-hydrogen) atoms. The Balaban J connectivity index is 1.82. The van der Waals surface area contributed by atoms with Crippen molar-refractivity contribution < 1.29 is 9.59 Å². The number of rotatable bonds is 6. The molecule has 0 aliphatic carbocycles. The van der Waals surface area contributed by atoms with E-state index in [1.165, 1.54) is 0 Å². The van der Waals surface area contributed by atoms with Crippen LogP contribution in [0.1, 0.15) is 35.3 Å². The molecule has 0 radical (unpaired) electrons. The third kappa shape index (κ3) is 4.93. The first-order valence-electron chi connectivity index (χ1n) is 7.83.